The second-order valence-corrected chi connectivity index (χ2v) is 8.73. The van der Waals surface area contributed by atoms with Crippen molar-refractivity contribution in [3.05, 3.63) is 93.4 Å². The van der Waals surface area contributed by atoms with Crippen LogP contribution in [0, 0.1) is 0 Å². The molecular formula is C24H20ClN3S. The quantitative estimate of drug-likeness (QED) is 0.402. The second kappa shape index (κ2) is 8.07. The van der Waals surface area contributed by atoms with Crippen LogP contribution in [0.15, 0.2) is 72.2 Å². The summed E-state index contributed by atoms with van der Waals surface area (Å²) in [7, 11) is 0. The lowest BCUT2D eigenvalue weighted by atomic mass is 10.1. The van der Waals surface area contributed by atoms with Gasteiger partial charge < -0.3 is 0 Å². The highest BCUT2D eigenvalue weighted by Crippen LogP contribution is 2.28. The van der Waals surface area contributed by atoms with Crippen LogP contribution < -0.4 is 0 Å². The van der Waals surface area contributed by atoms with Crippen LogP contribution in [0.5, 0.6) is 0 Å². The van der Waals surface area contributed by atoms with Gasteiger partial charge in [-0.25, -0.2) is 9.97 Å². The van der Waals surface area contributed by atoms with Crippen LogP contribution in [0.3, 0.4) is 0 Å². The maximum Gasteiger partial charge on any atom is 0.159 e. The zero-order chi connectivity index (χ0) is 19.6. The topological polar surface area (TPSA) is 29.0 Å². The van der Waals surface area contributed by atoms with Gasteiger partial charge in [0.15, 0.2) is 5.82 Å². The Hall–Kier alpha value is -2.53. The second-order valence-electron chi connectivity index (χ2n) is 7.30. The van der Waals surface area contributed by atoms with Gasteiger partial charge in [-0.15, -0.1) is 11.3 Å². The molecule has 3 nitrogen and oxygen atoms in total. The Labute approximate surface area is 179 Å². The first kappa shape index (κ1) is 18.5. The Kier molecular flexibility index (Phi) is 5.15. The monoisotopic (exact) mass is 417 g/mol. The highest BCUT2D eigenvalue weighted by Gasteiger charge is 2.19. The van der Waals surface area contributed by atoms with Gasteiger partial charge in [0.05, 0.1) is 5.69 Å². The summed E-state index contributed by atoms with van der Waals surface area (Å²) in [5, 5.41) is 2.98. The van der Waals surface area contributed by atoms with Crippen LogP contribution >= 0.6 is 22.9 Å². The van der Waals surface area contributed by atoms with E-state index in [9.17, 15) is 0 Å². The largest absolute Gasteiger partial charge is 0.292 e. The molecule has 0 aliphatic carbocycles. The summed E-state index contributed by atoms with van der Waals surface area (Å²) in [6, 6.07) is 20.6. The first-order valence-electron chi connectivity index (χ1n) is 9.70. The van der Waals surface area contributed by atoms with Crippen LogP contribution in [0.25, 0.3) is 22.5 Å². The van der Waals surface area contributed by atoms with E-state index in [1.807, 2.05) is 41.8 Å². The number of nitrogens with zero attached hydrogens (tertiary/aromatic N) is 3. The van der Waals surface area contributed by atoms with Crippen molar-refractivity contribution in [1.29, 1.82) is 0 Å². The molecule has 1 aliphatic heterocycles. The fourth-order valence-corrected chi connectivity index (χ4v) is 4.76. The van der Waals surface area contributed by atoms with E-state index in [0.29, 0.717) is 0 Å². The van der Waals surface area contributed by atoms with Crippen LogP contribution in [0.1, 0.15) is 16.1 Å². The Morgan fingerprint density at radius 2 is 1.79 bits per heavy atom. The van der Waals surface area contributed by atoms with Crippen LogP contribution in [0.4, 0.5) is 0 Å². The molecular weight excluding hydrogens is 398 g/mol. The van der Waals surface area contributed by atoms with E-state index in [2.05, 4.69) is 51.7 Å². The lowest BCUT2D eigenvalue weighted by Gasteiger charge is -2.27. The molecule has 0 unspecified atom stereocenters. The first-order valence-corrected chi connectivity index (χ1v) is 11.0. The average Bonchev–Trinajstić information content (AvgIpc) is 3.23. The van der Waals surface area contributed by atoms with E-state index in [1.54, 1.807) is 0 Å². The summed E-state index contributed by atoms with van der Waals surface area (Å²) in [5.74, 6) is 0.768. The summed E-state index contributed by atoms with van der Waals surface area (Å²) >= 11 is 7.84. The number of benzene rings is 2. The minimum Gasteiger partial charge on any atom is -0.292 e. The summed E-state index contributed by atoms with van der Waals surface area (Å²) in [5.41, 5.74) is 5.97. The van der Waals surface area contributed by atoms with Crippen molar-refractivity contribution in [2.75, 3.05) is 6.54 Å². The van der Waals surface area contributed by atoms with E-state index in [-0.39, 0.29) is 0 Å². The summed E-state index contributed by atoms with van der Waals surface area (Å²) in [4.78, 5) is 13.3. The predicted molar refractivity (Wildman–Crippen MR) is 120 cm³/mol. The molecule has 0 spiro atoms. The lowest BCUT2D eigenvalue weighted by molar-refractivity contribution is 0.243. The van der Waals surface area contributed by atoms with E-state index in [1.165, 1.54) is 21.6 Å². The van der Waals surface area contributed by atoms with Crippen LogP contribution in [-0.2, 0) is 19.5 Å². The van der Waals surface area contributed by atoms with Crippen LogP contribution in [0.2, 0.25) is 5.02 Å². The molecule has 0 amide bonds. The third-order valence-electron chi connectivity index (χ3n) is 5.27. The number of hydrogen-bond acceptors (Lipinski definition) is 4. The molecule has 0 bridgehead atoms. The molecule has 2 aromatic carbocycles. The van der Waals surface area contributed by atoms with Crippen molar-refractivity contribution < 1.29 is 0 Å². The highest BCUT2D eigenvalue weighted by molar-refractivity contribution is 7.10. The molecule has 3 heterocycles. The zero-order valence-corrected chi connectivity index (χ0v) is 17.5. The molecule has 2 aromatic heterocycles. The smallest absolute Gasteiger partial charge is 0.159 e. The first-order chi connectivity index (χ1) is 14.2. The maximum absolute atomic E-state index is 6.00. The fraction of sp³-hybridized carbons (Fsp3) is 0.167. The van der Waals surface area contributed by atoms with Gasteiger partial charge in [0, 0.05) is 41.3 Å². The molecule has 0 saturated heterocycles. The normalized spacial score (nSPS) is 14.0. The van der Waals surface area contributed by atoms with Crippen molar-refractivity contribution in [1.82, 2.24) is 14.9 Å². The maximum atomic E-state index is 6.00. The summed E-state index contributed by atoms with van der Waals surface area (Å²) in [6.45, 7) is 2.85. The average molecular weight is 418 g/mol. The molecule has 0 saturated carbocycles. The lowest BCUT2D eigenvalue weighted by Crippen LogP contribution is -2.30. The Morgan fingerprint density at radius 3 is 2.62 bits per heavy atom. The van der Waals surface area contributed by atoms with Gasteiger partial charge >= 0.3 is 0 Å². The van der Waals surface area contributed by atoms with Crippen molar-refractivity contribution >= 4 is 22.9 Å². The molecule has 0 atom stereocenters. The summed E-state index contributed by atoms with van der Waals surface area (Å²) < 4.78 is 0. The Bertz CT molecular complexity index is 1120. The van der Waals surface area contributed by atoms with Gasteiger partial charge in [-0.2, -0.15) is 0 Å². The Balaban J connectivity index is 1.32. The van der Waals surface area contributed by atoms with E-state index in [4.69, 9.17) is 16.6 Å². The summed E-state index contributed by atoms with van der Waals surface area (Å²) in [6.07, 6.45) is 2.98. The molecule has 29 heavy (non-hydrogen) atoms. The zero-order valence-electron chi connectivity index (χ0n) is 15.9. The predicted octanol–water partition coefficient (Wildman–Crippen LogP) is 6.08. The van der Waals surface area contributed by atoms with Gasteiger partial charge in [-0.05, 0) is 58.8 Å². The van der Waals surface area contributed by atoms with E-state index >= 15 is 0 Å². The number of rotatable bonds is 4. The van der Waals surface area contributed by atoms with Gasteiger partial charge in [-0.3, -0.25) is 4.90 Å². The third-order valence-corrected chi connectivity index (χ3v) is 6.44. The third kappa shape index (κ3) is 4.10. The van der Waals surface area contributed by atoms with Gasteiger partial charge in [0.25, 0.3) is 0 Å². The molecule has 0 fully saturated rings. The standard InChI is InChI=1S/C24H20ClN3S/c25-21-8-6-18(7-9-21)24-26-13-19-10-11-28(15-23(19)27-24)14-22-12-20(16-29-22)17-4-2-1-3-5-17/h1-9,12-13,16H,10-11,14-15H2. The fourth-order valence-electron chi connectivity index (χ4n) is 3.70. The van der Waals surface area contributed by atoms with Gasteiger partial charge in [0.1, 0.15) is 0 Å². The molecule has 0 N–H and O–H groups in total. The number of thiophene rings is 1. The molecule has 144 valence electrons. The Morgan fingerprint density at radius 1 is 0.966 bits per heavy atom. The van der Waals surface area contributed by atoms with E-state index < -0.39 is 0 Å². The minimum atomic E-state index is 0.726. The SMILES string of the molecule is Clc1ccc(-c2ncc3c(n2)CN(Cc2cc(-c4ccccc4)cs2)CC3)cc1. The molecule has 5 rings (SSSR count). The van der Waals surface area contributed by atoms with Crippen molar-refractivity contribution in [3.63, 3.8) is 0 Å². The number of hydrogen-bond donors (Lipinski definition) is 0. The van der Waals surface area contributed by atoms with Crippen molar-refractivity contribution in [3.8, 4) is 22.5 Å². The molecule has 0 radical (unpaired) electrons. The van der Waals surface area contributed by atoms with Gasteiger partial charge in [-0.1, -0.05) is 41.9 Å². The van der Waals surface area contributed by atoms with Crippen molar-refractivity contribution in [2.24, 2.45) is 0 Å². The van der Waals surface area contributed by atoms with Crippen LogP contribution in [-0.4, -0.2) is 21.4 Å². The molecule has 1 aliphatic rings. The number of aromatic nitrogens is 2. The van der Waals surface area contributed by atoms with Crippen molar-refractivity contribution in [2.45, 2.75) is 19.5 Å². The number of halogens is 1. The van der Waals surface area contributed by atoms with E-state index in [0.717, 1.165) is 48.2 Å². The molecule has 4 aromatic rings. The number of fused-ring (bicyclic) bond motifs is 1. The molecule has 5 heteroatoms. The highest BCUT2D eigenvalue weighted by atomic mass is 35.5. The minimum absolute atomic E-state index is 0.726. The van der Waals surface area contributed by atoms with Gasteiger partial charge in [0.2, 0.25) is 0 Å².